The predicted molar refractivity (Wildman–Crippen MR) is 80.9 cm³/mol. The smallest absolute Gasteiger partial charge is 0.193 e. The lowest BCUT2D eigenvalue weighted by Gasteiger charge is -2.36. The van der Waals surface area contributed by atoms with Gasteiger partial charge in [-0.15, -0.1) is 0 Å². The molecule has 0 saturated carbocycles. The Balaban J connectivity index is 4.72. The molecule has 0 unspecified atom stereocenters. The van der Waals surface area contributed by atoms with E-state index < -0.39 is 8.32 Å². The van der Waals surface area contributed by atoms with Crippen molar-refractivity contribution in [1.29, 1.82) is 0 Å². The number of rotatable bonds is 7. The molecule has 2 heteroatoms. The van der Waals surface area contributed by atoms with Gasteiger partial charge < -0.3 is 4.43 Å². The average molecular weight is 254 g/mol. The maximum atomic E-state index is 6.48. The zero-order valence-electron chi connectivity index (χ0n) is 12.8. The lowest BCUT2D eigenvalue weighted by Crippen LogP contribution is -2.43. The quantitative estimate of drug-likeness (QED) is 0.442. The van der Waals surface area contributed by atoms with Gasteiger partial charge in [0.2, 0.25) is 0 Å². The van der Waals surface area contributed by atoms with Gasteiger partial charge in [-0.2, -0.15) is 0 Å². The van der Waals surface area contributed by atoms with Crippen molar-refractivity contribution in [2.75, 3.05) is 0 Å². The highest BCUT2D eigenvalue weighted by atomic mass is 28.4. The third-order valence-corrected chi connectivity index (χ3v) is 8.16. The van der Waals surface area contributed by atoms with E-state index in [4.69, 9.17) is 4.43 Å². The van der Waals surface area contributed by atoms with Crippen LogP contribution < -0.4 is 0 Å². The van der Waals surface area contributed by atoms with Crippen molar-refractivity contribution in [3.05, 3.63) is 23.8 Å². The minimum atomic E-state index is -1.50. The van der Waals surface area contributed by atoms with Crippen LogP contribution in [0.4, 0.5) is 0 Å². The molecule has 0 aromatic heterocycles. The van der Waals surface area contributed by atoms with Crippen LogP contribution in [0.15, 0.2) is 23.8 Å². The average Bonchev–Trinajstić information content (AvgIpc) is 2.25. The molecule has 0 aromatic rings. The van der Waals surface area contributed by atoms with E-state index in [0.717, 1.165) is 0 Å². The van der Waals surface area contributed by atoms with Gasteiger partial charge in [0.05, 0.1) is 5.60 Å². The summed E-state index contributed by atoms with van der Waals surface area (Å²) >= 11 is 0. The van der Waals surface area contributed by atoms with Gasteiger partial charge in [-0.05, 0) is 45.8 Å². The van der Waals surface area contributed by atoms with Crippen molar-refractivity contribution in [3.63, 3.8) is 0 Å². The highest BCUT2D eigenvalue weighted by Gasteiger charge is 2.34. The van der Waals surface area contributed by atoms with Gasteiger partial charge in [-0.1, -0.05) is 44.6 Å². The van der Waals surface area contributed by atoms with E-state index in [1.165, 1.54) is 23.7 Å². The van der Waals surface area contributed by atoms with Crippen LogP contribution in [0.3, 0.4) is 0 Å². The fraction of sp³-hybridized carbons (Fsp3) is 0.733. The minimum absolute atomic E-state index is 0.139. The van der Waals surface area contributed by atoms with Crippen LogP contribution in [0.5, 0.6) is 0 Å². The largest absolute Gasteiger partial charge is 0.409 e. The molecule has 0 rings (SSSR count). The molecule has 0 spiro atoms. The molecular weight excluding hydrogens is 224 g/mol. The van der Waals surface area contributed by atoms with Crippen LogP contribution in [-0.4, -0.2) is 13.9 Å². The summed E-state index contributed by atoms with van der Waals surface area (Å²) in [6.07, 6.45) is 6.44. The summed E-state index contributed by atoms with van der Waals surface area (Å²) in [5, 5.41) is 0. The first-order valence-corrected chi connectivity index (χ1v) is 9.36. The molecule has 0 fully saturated rings. The van der Waals surface area contributed by atoms with Crippen molar-refractivity contribution in [2.45, 2.75) is 72.2 Å². The Morgan fingerprint density at radius 2 is 1.53 bits per heavy atom. The standard InChI is InChI=1S/C15H30OSi/c1-8-17(9-2,10-3)16-15(6,7)13-11-12-14(4)5/h11-13H,8-10H2,1-7H3/b13-11-. The molecule has 0 aromatic carbocycles. The molecule has 100 valence electrons. The van der Waals surface area contributed by atoms with Crippen molar-refractivity contribution < 1.29 is 4.43 Å². The van der Waals surface area contributed by atoms with Crippen LogP contribution in [0.2, 0.25) is 18.1 Å². The van der Waals surface area contributed by atoms with Gasteiger partial charge in [0.15, 0.2) is 8.32 Å². The van der Waals surface area contributed by atoms with Gasteiger partial charge in [0.25, 0.3) is 0 Å². The second-order valence-corrected chi connectivity index (χ2v) is 10.2. The minimum Gasteiger partial charge on any atom is -0.409 e. The van der Waals surface area contributed by atoms with E-state index in [-0.39, 0.29) is 5.60 Å². The molecule has 0 aliphatic rings. The summed E-state index contributed by atoms with van der Waals surface area (Å²) in [5.74, 6) is 0. The summed E-state index contributed by atoms with van der Waals surface area (Å²) < 4.78 is 6.48. The summed E-state index contributed by atoms with van der Waals surface area (Å²) in [4.78, 5) is 0. The molecule has 0 heterocycles. The van der Waals surface area contributed by atoms with Crippen LogP contribution in [-0.2, 0) is 4.43 Å². The summed E-state index contributed by atoms with van der Waals surface area (Å²) in [6, 6.07) is 3.62. The Labute approximate surface area is 109 Å². The van der Waals surface area contributed by atoms with Crippen LogP contribution in [0, 0.1) is 0 Å². The highest BCUT2D eigenvalue weighted by Crippen LogP contribution is 2.28. The fourth-order valence-corrected chi connectivity index (χ4v) is 5.15. The van der Waals surface area contributed by atoms with Gasteiger partial charge in [-0.3, -0.25) is 0 Å². The summed E-state index contributed by atoms with van der Waals surface area (Å²) in [5.41, 5.74) is 1.18. The molecular formula is C15H30OSi. The van der Waals surface area contributed by atoms with Gasteiger partial charge in [0, 0.05) is 0 Å². The Hall–Kier alpha value is -0.343. The molecule has 0 aliphatic carbocycles. The van der Waals surface area contributed by atoms with Crippen molar-refractivity contribution in [3.8, 4) is 0 Å². The first kappa shape index (κ1) is 16.7. The topological polar surface area (TPSA) is 9.23 Å². The number of hydrogen-bond donors (Lipinski definition) is 0. The normalized spacial score (nSPS) is 13.1. The summed E-state index contributed by atoms with van der Waals surface area (Å²) in [7, 11) is -1.50. The molecule has 1 nitrogen and oxygen atoms in total. The van der Waals surface area contributed by atoms with E-state index >= 15 is 0 Å². The molecule has 0 N–H and O–H groups in total. The zero-order chi connectivity index (χ0) is 13.5. The van der Waals surface area contributed by atoms with E-state index in [0.29, 0.717) is 0 Å². The molecule has 0 bridgehead atoms. The van der Waals surface area contributed by atoms with Gasteiger partial charge in [-0.25, -0.2) is 0 Å². The maximum absolute atomic E-state index is 6.48. The van der Waals surface area contributed by atoms with E-state index in [1.54, 1.807) is 0 Å². The first-order chi connectivity index (χ1) is 7.81. The van der Waals surface area contributed by atoms with Crippen molar-refractivity contribution >= 4 is 8.32 Å². The number of hydrogen-bond acceptors (Lipinski definition) is 1. The summed E-state index contributed by atoms with van der Waals surface area (Å²) in [6.45, 7) is 15.4. The second-order valence-electron chi connectivity index (χ2n) is 5.55. The second kappa shape index (κ2) is 7.17. The Bertz CT molecular complexity index is 260. The monoisotopic (exact) mass is 254 g/mol. The van der Waals surface area contributed by atoms with Crippen molar-refractivity contribution in [2.24, 2.45) is 0 Å². The molecule has 0 amide bonds. The molecule has 0 saturated heterocycles. The zero-order valence-corrected chi connectivity index (χ0v) is 13.8. The Kier molecular flexibility index (Phi) is 7.03. The van der Waals surface area contributed by atoms with E-state index in [9.17, 15) is 0 Å². The molecule has 0 aliphatic heterocycles. The van der Waals surface area contributed by atoms with Gasteiger partial charge >= 0.3 is 0 Å². The van der Waals surface area contributed by atoms with Crippen molar-refractivity contribution in [1.82, 2.24) is 0 Å². The van der Waals surface area contributed by atoms with E-state index in [2.05, 4.69) is 66.7 Å². The highest BCUT2D eigenvalue weighted by molar-refractivity contribution is 6.73. The van der Waals surface area contributed by atoms with Crippen LogP contribution >= 0.6 is 0 Å². The van der Waals surface area contributed by atoms with E-state index in [1.807, 2.05) is 0 Å². The van der Waals surface area contributed by atoms with Crippen LogP contribution in [0.25, 0.3) is 0 Å². The Morgan fingerprint density at radius 3 is 1.88 bits per heavy atom. The number of allylic oxidation sites excluding steroid dienone is 3. The lowest BCUT2D eigenvalue weighted by molar-refractivity contribution is 0.147. The third kappa shape index (κ3) is 6.23. The fourth-order valence-electron chi connectivity index (χ4n) is 2.03. The Morgan fingerprint density at radius 1 is 1.06 bits per heavy atom. The molecule has 17 heavy (non-hydrogen) atoms. The predicted octanol–water partition coefficient (Wildman–Crippen LogP) is 5.31. The van der Waals surface area contributed by atoms with Gasteiger partial charge in [0.1, 0.15) is 0 Å². The SMILES string of the molecule is CC[Si](CC)(CC)OC(C)(C)/C=C\C=C(C)C. The van der Waals surface area contributed by atoms with Crippen LogP contribution in [0.1, 0.15) is 48.5 Å². The maximum Gasteiger partial charge on any atom is 0.193 e. The molecule has 0 atom stereocenters. The molecule has 0 radical (unpaired) electrons. The lowest BCUT2D eigenvalue weighted by atomic mass is 10.1. The third-order valence-electron chi connectivity index (χ3n) is 3.34. The first-order valence-electron chi connectivity index (χ1n) is 6.83.